The number of hydrogen-bond donors (Lipinski definition) is 1. The monoisotopic (exact) mass is 284 g/mol. The average molecular weight is 284 g/mol. The molecule has 0 saturated heterocycles. The fraction of sp³-hybridized carbons (Fsp3) is 0.353. The number of nitrogens with one attached hydrogen (secondary N) is 1. The highest BCUT2D eigenvalue weighted by molar-refractivity contribution is 5.87. The van der Waals surface area contributed by atoms with Gasteiger partial charge in [-0.3, -0.25) is 0 Å². The number of methoxy groups -OCH3 is 1. The normalized spacial score (nSPS) is 14.4. The minimum Gasteiger partial charge on any atom is -0.464 e. The number of fused-ring (bicyclic) bond motifs is 1. The number of hydrogen-bond acceptors (Lipinski definition) is 3. The van der Waals surface area contributed by atoms with E-state index in [1.54, 1.807) is 0 Å². The zero-order valence-corrected chi connectivity index (χ0v) is 12.3. The Labute approximate surface area is 124 Å². The molecule has 0 fully saturated rings. The first-order valence-corrected chi connectivity index (χ1v) is 7.36. The first-order valence-electron chi connectivity index (χ1n) is 7.36. The van der Waals surface area contributed by atoms with E-state index < -0.39 is 0 Å². The zero-order valence-electron chi connectivity index (χ0n) is 12.3. The summed E-state index contributed by atoms with van der Waals surface area (Å²) in [4.78, 5) is 16.9. The molecule has 0 atom stereocenters. The third kappa shape index (κ3) is 2.94. The third-order valence-corrected chi connectivity index (χ3v) is 3.98. The third-order valence-electron chi connectivity index (χ3n) is 3.98. The smallest absolute Gasteiger partial charge is 0.354 e. The lowest BCUT2D eigenvalue weighted by Crippen LogP contribution is -2.23. The van der Waals surface area contributed by atoms with E-state index in [0.717, 1.165) is 25.1 Å². The van der Waals surface area contributed by atoms with Crippen molar-refractivity contribution < 1.29 is 9.53 Å². The van der Waals surface area contributed by atoms with Crippen molar-refractivity contribution in [1.82, 2.24) is 4.98 Å². The number of para-hydroxylation sites is 1. The van der Waals surface area contributed by atoms with Gasteiger partial charge in [-0.1, -0.05) is 18.2 Å². The van der Waals surface area contributed by atoms with Crippen molar-refractivity contribution in [1.29, 1.82) is 0 Å². The minimum atomic E-state index is -0.322. The summed E-state index contributed by atoms with van der Waals surface area (Å²) >= 11 is 0. The number of benzene rings is 1. The number of rotatable bonds is 3. The summed E-state index contributed by atoms with van der Waals surface area (Å²) in [6.45, 7) is 1.86. The van der Waals surface area contributed by atoms with Crippen molar-refractivity contribution in [2.75, 3.05) is 18.6 Å². The molecule has 2 heterocycles. The van der Waals surface area contributed by atoms with Crippen molar-refractivity contribution in [3.05, 3.63) is 53.3 Å². The summed E-state index contributed by atoms with van der Waals surface area (Å²) in [7, 11) is 1.40. The molecule has 21 heavy (non-hydrogen) atoms. The maximum Gasteiger partial charge on any atom is 0.354 e. The van der Waals surface area contributed by atoms with E-state index in [-0.39, 0.29) is 5.97 Å². The number of carbonyl (C=O) groups is 1. The van der Waals surface area contributed by atoms with Crippen LogP contribution in [0, 0.1) is 0 Å². The standard InChI is InChI=1S/C17H20N2O2/c1-21-17(20)15-10-13(11-18-15)12-19-9-5-4-7-14-6-2-3-8-16(14)19/h2-3,6,8,10-11,18H,4-5,7,9,12H2,1H3. The summed E-state index contributed by atoms with van der Waals surface area (Å²) in [6, 6.07) is 10.5. The van der Waals surface area contributed by atoms with Gasteiger partial charge in [-0.25, -0.2) is 4.79 Å². The Hall–Kier alpha value is -2.23. The SMILES string of the molecule is COC(=O)c1cc(CN2CCCCc3ccccc32)c[nH]1. The van der Waals surface area contributed by atoms with Gasteiger partial charge in [0, 0.05) is 25.0 Å². The summed E-state index contributed by atoms with van der Waals surface area (Å²) in [5.74, 6) is -0.322. The molecule has 1 N–H and O–H groups in total. The van der Waals surface area contributed by atoms with Crippen LogP contribution in [0.2, 0.25) is 0 Å². The van der Waals surface area contributed by atoms with Gasteiger partial charge in [0.15, 0.2) is 0 Å². The van der Waals surface area contributed by atoms with E-state index in [1.165, 1.54) is 31.2 Å². The number of aromatic amines is 1. The van der Waals surface area contributed by atoms with Gasteiger partial charge in [-0.15, -0.1) is 0 Å². The number of anilines is 1. The van der Waals surface area contributed by atoms with E-state index in [2.05, 4.69) is 34.1 Å². The molecule has 0 amide bonds. The molecular formula is C17H20N2O2. The molecule has 0 aliphatic carbocycles. The summed E-state index contributed by atoms with van der Waals surface area (Å²) in [5.41, 5.74) is 4.34. The lowest BCUT2D eigenvalue weighted by atomic mass is 10.1. The quantitative estimate of drug-likeness (QED) is 0.881. The highest BCUT2D eigenvalue weighted by atomic mass is 16.5. The van der Waals surface area contributed by atoms with Crippen LogP contribution in [-0.4, -0.2) is 24.6 Å². The second-order valence-electron chi connectivity index (χ2n) is 5.42. The molecule has 2 aromatic rings. The number of aryl methyl sites for hydroxylation is 1. The van der Waals surface area contributed by atoms with Crippen LogP contribution in [0.3, 0.4) is 0 Å². The van der Waals surface area contributed by atoms with Crippen LogP contribution in [-0.2, 0) is 17.7 Å². The molecule has 3 rings (SSSR count). The second kappa shape index (κ2) is 6.04. The Kier molecular flexibility index (Phi) is 3.95. The minimum absolute atomic E-state index is 0.322. The van der Waals surface area contributed by atoms with Crippen LogP contribution >= 0.6 is 0 Å². The van der Waals surface area contributed by atoms with Gasteiger partial charge in [0.25, 0.3) is 0 Å². The fourth-order valence-electron chi connectivity index (χ4n) is 2.91. The van der Waals surface area contributed by atoms with Crippen LogP contribution < -0.4 is 4.90 Å². The predicted molar refractivity (Wildman–Crippen MR) is 82.6 cm³/mol. The Morgan fingerprint density at radius 3 is 3.05 bits per heavy atom. The Bertz CT molecular complexity index is 633. The highest BCUT2D eigenvalue weighted by Gasteiger charge is 2.16. The first kappa shape index (κ1) is 13.7. The summed E-state index contributed by atoms with van der Waals surface area (Å²) in [6.07, 6.45) is 5.46. The average Bonchev–Trinajstić information content (AvgIpc) is 2.89. The van der Waals surface area contributed by atoms with Crippen molar-refractivity contribution >= 4 is 11.7 Å². The summed E-state index contributed by atoms with van der Waals surface area (Å²) < 4.78 is 4.73. The van der Waals surface area contributed by atoms with E-state index in [1.807, 2.05) is 12.3 Å². The number of aromatic nitrogens is 1. The number of ether oxygens (including phenoxy) is 1. The number of esters is 1. The molecule has 0 radical (unpaired) electrons. The predicted octanol–water partition coefficient (Wildman–Crippen LogP) is 3.14. The molecule has 0 saturated carbocycles. The molecule has 1 aromatic heterocycles. The van der Waals surface area contributed by atoms with Gasteiger partial charge in [-0.05, 0) is 42.5 Å². The molecule has 1 aliphatic rings. The van der Waals surface area contributed by atoms with E-state index in [0.29, 0.717) is 5.69 Å². The summed E-state index contributed by atoms with van der Waals surface area (Å²) in [5, 5.41) is 0. The largest absolute Gasteiger partial charge is 0.464 e. The van der Waals surface area contributed by atoms with Crippen molar-refractivity contribution in [3.8, 4) is 0 Å². The van der Waals surface area contributed by atoms with Gasteiger partial charge >= 0.3 is 5.97 Å². The van der Waals surface area contributed by atoms with Crippen LogP contribution in [0.15, 0.2) is 36.5 Å². The van der Waals surface area contributed by atoms with Gasteiger partial charge in [0.2, 0.25) is 0 Å². The zero-order chi connectivity index (χ0) is 14.7. The molecule has 4 heteroatoms. The van der Waals surface area contributed by atoms with Gasteiger partial charge < -0.3 is 14.6 Å². The van der Waals surface area contributed by atoms with Crippen molar-refractivity contribution in [2.45, 2.75) is 25.8 Å². The molecule has 0 unspecified atom stereocenters. The van der Waals surface area contributed by atoms with Crippen LogP contribution in [0.1, 0.15) is 34.5 Å². The number of H-pyrrole nitrogens is 1. The van der Waals surface area contributed by atoms with Crippen LogP contribution in [0.4, 0.5) is 5.69 Å². The van der Waals surface area contributed by atoms with Crippen molar-refractivity contribution in [2.24, 2.45) is 0 Å². The van der Waals surface area contributed by atoms with Gasteiger partial charge in [0.05, 0.1) is 7.11 Å². The molecule has 0 bridgehead atoms. The first-order chi connectivity index (χ1) is 10.3. The lowest BCUT2D eigenvalue weighted by molar-refractivity contribution is 0.0595. The van der Waals surface area contributed by atoms with Crippen LogP contribution in [0.25, 0.3) is 0 Å². The van der Waals surface area contributed by atoms with Crippen LogP contribution in [0.5, 0.6) is 0 Å². The Morgan fingerprint density at radius 1 is 1.33 bits per heavy atom. The molecule has 110 valence electrons. The maximum atomic E-state index is 11.5. The lowest BCUT2D eigenvalue weighted by Gasteiger charge is -2.24. The van der Waals surface area contributed by atoms with Crippen molar-refractivity contribution in [3.63, 3.8) is 0 Å². The van der Waals surface area contributed by atoms with E-state index in [4.69, 9.17) is 4.74 Å². The molecular weight excluding hydrogens is 264 g/mol. The van der Waals surface area contributed by atoms with E-state index in [9.17, 15) is 4.79 Å². The van der Waals surface area contributed by atoms with E-state index >= 15 is 0 Å². The maximum absolute atomic E-state index is 11.5. The Balaban J connectivity index is 1.81. The van der Waals surface area contributed by atoms with Gasteiger partial charge in [0.1, 0.15) is 5.69 Å². The second-order valence-corrected chi connectivity index (χ2v) is 5.42. The Morgan fingerprint density at radius 2 is 2.19 bits per heavy atom. The molecule has 1 aromatic carbocycles. The molecule has 4 nitrogen and oxygen atoms in total. The molecule has 1 aliphatic heterocycles. The van der Waals surface area contributed by atoms with Gasteiger partial charge in [-0.2, -0.15) is 0 Å². The molecule has 0 spiro atoms. The number of carbonyl (C=O) groups excluding carboxylic acids is 1. The highest BCUT2D eigenvalue weighted by Crippen LogP contribution is 2.27. The number of nitrogens with zero attached hydrogens (tertiary/aromatic N) is 1. The topological polar surface area (TPSA) is 45.3 Å². The fourth-order valence-corrected chi connectivity index (χ4v) is 2.91.